The Morgan fingerprint density at radius 3 is 2.44 bits per heavy atom. The van der Waals surface area contributed by atoms with E-state index in [1.54, 1.807) is 12.1 Å². The summed E-state index contributed by atoms with van der Waals surface area (Å²) >= 11 is 6.01. The molecule has 1 aromatic heterocycles. The van der Waals surface area contributed by atoms with Crippen molar-refractivity contribution in [1.29, 1.82) is 0 Å². The van der Waals surface area contributed by atoms with Crippen molar-refractivity contribution in [1.82, 2.24) is 15.6 Å². The molecule has 3 N–H and O–H groups in total. The number of H-pyrrole nitrogens is 1. The largest absolute Gasteiger partial charge is 0.444 e. The minimum absolute atomic E-state index is 0.131. The summed E-state index contributed by atoms with van der Waals surface area (Å²) in [6.07, 6.45) is 3.20. The van der Waals surface area contributed by atoms with E-state index < -0.39 is 11.7 Å². The van der Waals surface area contributed by atoms with Crippen LogP contribution < -0.4 is 10.6 Å². The smallest absolute Gasteiger partial charge is 0.407 e. The lowest BCUT2D eigenvalue weighted by atomic mass is 9.90. The van der Waals surface area contributed by atoms with Crippen LogP contribution in [-0.4, -0.2) is 34.7 Å². The number of nitrogens with one attached hydrogen (secondary N) is 3. The van der Waals surface area contributed by atoms with E-state index in [1.165, 1.54) is 0 Å². The van der Waals surface area contributed by atoms with Crippen LogP contribution in [0, 0.1) is 0 Å². The van der Waals surface area contributed by atoms with Gasteiger partial charge in [0.25, 0.3) is 5.91 Å². The van der Waals surface area contributed by atoms with Gasteiger partial charge in [-0.15, -0.1) is 0 Å². The maximum Gasteiger partial charge on any atom is 0.407 e. The van der Waals surface area contributed by atoms with Gasteiger partial charge < -0.3 is 20.4 Å². The van der Waals surface area contributed by atoms with Crippen molar-refractivity contribution in [3.05, 3.63) is 35.0 Å². The quantitative estimate of drug-likeness (QED) is 0.725. The maximum absolute atomic E-state index is 12.7. The number of fused-ring (bicyclic) bond motifs is 1. The third-order valence-corrected chi connectivity index (χ3v) is 4.85. The molecular formula is C20H26ClN3O3. The molecule has 1 aromatic carbocycles. The molecule has 0 radical (unpaired) electrons. The average Bonchev–Trinajstić information content (AvgIpc) is 2.98. The van der Waals surface area contributed by atoms with Crippen LogP contribution in [0.1, 0.15) is 56.9 Å². The number of aromatic amines is 1. The predicted octanol–water partition coefficient (Wildman–Crippen LogP) is 4.39. The summed E-state index contributed by atoms with van der Waals surface area (Å²) in [6, 6.07) is 6.96. The molecule has 6 nitrogen and oxygen atoms in total. The number of hydrogen-bond acceptors (Lipinski definition) is 3. The summed E-state index contributed by atoms with van der Waals surface area (Å²) in [4.78, 5) is 27.9. The lowest BCUT2D eigenvalue weighted by Crippen LogP contribution is -2.54. The first-order chi connectivity index (χ1) is 12.7. The summed E-state index contributed by atoms with van der Waals surface area (Å²) in [5, 5.41) is 7.48. The lowest BCUT2D eigenvalue weighted by molar-refractivity contribution is 0.0474. The highest BCUT2D eigenvalue weighted by Gasteiger charge is 2.30. The standard InChI is InChI=1S/C20H26ClN3O3/c1-20(2,3)27-19(26)24-16-7-5-4-6-15(16)23-18(25)17-11-12-10-13(21)8-9-14(12)22-17/h8-11,15-16,22H,4-7H2,1-3H3,(H,23,25)(H,24,26)/t15-,16?/m1/s1. The fourth-order valence-corrected chi connectivity index (χ4v) is 3.59. The normalized spacial score (nSPS) is 20.3. The number of alkyl carbamates (subject to hydrolysis) is 1. The first-order valence-corrected chi connectivity index (χ1v) is 9.68. The fraction of sp³-hybridized carbons (Fsp3) is 0.500. The number of carbonyl (C=O) groups excluding carboxylic acids is 2. The molecule has 3 rings (SSSR count). The highest BCUT2D eigenvalue weighted by molar-refractivity contribution is 6.31. The van der Waals surface area contributed by atoms with Crippen LogP contribution in [0.3, 0.4) is 0 Å². The zero-order valence-electron chi connectivity index (χ0n) is 15.9. The van der Waals surface area contributed by atoms with Crippen LogP contribution in [0.4, 0.5) is 4.79 Å². The van der Waals surface area contributed by atoms with Crippen LogP contribution in [0.5, 0.6) is 0 Å². The predicted molar refractivity (Wildman–Crippen MR) is 106 cm³/mol. The summed E-state index contributed by atoms with van der Waals surface area (Å²) in [7, 11) is 0. The summed E-state index contributed by atoms with van der Waals surface area (Å²) in [5.74, 6) is -0.190. The van der Waals surface area contributed by atoms with E-state index in [1.807, 2.05) is 32.9 Å². The van der Waals surface area contributed by atoms with Crippen LogP contribution in [0.25, 0.3) is 10.9 Å². The van der Waals surface area contributed by atoms with Crippen LogP contribution in [0.15, 0.2) is 24.3 Å². The van der Waals surface area contributed by atoms with E-state index in [-0.39, 0.29) is 18.0 Å². The van der Waals surface area contributed by atoms with Gasteiger partial charge in [0, 0.05) is 22.0 Å². The molecule has 0 bridgehead atoms. The van der Waals surface area contributed by atoms with Crippen molar-refractivity contribution in [3.8, 4) is 0 Å². The Balaban J connectivity index is 1.67. The van der Waals surface area contributed by atoms with Crippen LogP contribution in [-0.2, 0) is 4.74 Å². The summed E-state index contributed by atoms with van der Waals surface area (Å²) in [6.45, 7) is 5.48. The molecule has 1 aliphatic rings. The molecule has 7 heteroatoms. The first-order valence-electron chi connectivity index (χ1n) is 9.30. The van der Waals surface area contributed by atoms with Gasteiger partial charge in [0.05, 0.1) is 6.04 Å². The van der Waals surface area contributed by atoms with Gasteiger partial charge in [-0.1, -0.05) is 24.4 Å². The molecule has 1 unspecified atom stereocenters. The minimum atomic E-state index is -0.552. The van der Waals surface area contributed by atoms with Gasteiger partial charge in [-0.2, -0.15) is 0 Å². The zero-order valence-corrected chi connectivity index (χ0v) is 16.7. The number of halogens is 1. The van der Waals surface area contributed by atoms with E-state index >= 15 is 0 Å². The van der Waals surface area contributed by atoms with E-state index in [2.05, 4.69) is 15.6 Å². The molecular weight excluding hydrogens is 366 g/mol. The number of aromatic nitrogens is 1. The molecule has 1 saturated carbocycles. The van der Waals surface area contributed by atoms with E-state index in [4.69, 9.17) is 16.3 Å². The van der Waals surface area contributed by atoms with Gasteiger partial charge in [0.1, 0.15) is 11.3 Å². The molecule has 0 aliphatic heterocycles. The third-order valence-electron chi connectivity index (χ3n) is 4.61. The van der Waals surface area contributed by atoms with Crippen LogP contribution in [0.2, 0.25) is 5.02 Å². The summed E-state index contributed by atoms with van der Waals surface area (Å²) in [5.41, 5.74) is 0.786. The number of rotatable bonds is 3. The van der Waals surface area contributed by atoms with Crippen molar-refractivity contribution in [2.75, 3.05) is 0 Å². The lowest BCUT2D eigenvalue weighted by Gasteiger charge is -2.33. The average molecular weight is 392 g/mol. The molecule has 1 fully saturated rings. The molecule has 2 atom stereocenters. The van der Waals surface area contributed by atoms with E-state index in [9.17, 15) is 9.59 Å². The Morgan fingerprint density at radius 2 is 1.78 bits per heavy atom. The van der Waals surface area contributed by atoms with Crippen molar-refractivity contribution in [2.45, 2.75) is 64.1 Å². The molecule has 146 valence electrons. The second-order valence-corrected chi connectivity index (χ2v) is 8.47. The topological polar surface area (TPSA) is 83.2 Å². The third kappa shape index (κ3) is 5.16. The van der Waals surface area contributed by atoms with E-state index in [0.29, 0.717) is 10.7 Å². The van der Waals surface area contributed by atoms with E-state index in [0.717, 1.165) is 36.6 Å². The number of carbonyl (C=O) groups is 2. The highest BCUT2D eigenvalue weighted by Crippen LogP contribution is 2.22. The van der Waals surface area contributed by atoms with Crippen molar-refractivity contribution in [2.24, 2.45) is 0 Å². The molecule has 0 spiro atoms. The Kier molecular flexibility index (Phi) is 5.65. The van der Waals surface area contributed by atoms with Gasteiger partial charge in [-0.25, -0.2) is 4.79 Å². The second kappa shape index (κ2) is 7.80. The Hall–Kier alpha value is -2.21. The number of hydrogen-bond donors (Lipinski definition) is 3. The van der Waals surface area contributed by atoms with Gasteiger partial charge in [0.2, 0.25) is 0 Å². The molecule has 2 amide bonds. The minimum Gasteiger partial charge on any atom is -0.444 e. The maximum atomic E-state index is 12.7. The van der Waals surface area contributed by atoms with Crippen molar-refractivity contribution in [3.63, 3.8) is 0 Å². The Labute approximate surface area is 164 Å². The second-order valence-electron chi connectivity index (χ2n) is 8.03. The number of ether oxygens (including phenoxy) is 1. The molecule has 0 saturated heterocycles. The Morgan fingerprint density at radius 1 is 1.11 bits per heavy atom. The Bertz CT molecular complexity index is 841. The van der Waals surface area contributed by atoms with Gasteiger partial charge >= 0.3 is 6.09 Å². The monoisotopic (exact) mass is 391 g/mol. The first kappa shape index (κ1) is 19.5. The number of benzene rings is 1. The van der Waals surface area contributed by atoms with Crippen molar-refractivity contribution < 1.29 is 14.3 Å². The van der Waals surface area contributed by atoms with Crippen LogP contribution >= 0.6 is 11.6 Å². The molecule has 2 aromatic rings. The molecule has 1 heterocycles. The zero-order chi connectivity index (χ0) is 19.6. The SMILES string of the molecule is CC(C)(C)OC(=O)NC1CCCC[C@H]1NC(=O)c1cc2cc(Cl)ccc2[nH]1. The number of amides is 2. The van der Waals surface area contributed by atoms with Gasteiger partial charge in [0.15, 0.2) is 0 Å². The molecule has 1 aliphatic carbocycles. The van der Waals surface area contributed by atoms with Crippen molar-refractivity contribution >= 4 is 34.5 Å². The van der Waals surface area contributed by atoms with Gasteiger partial charge in [-0.3, -0.25) is 4.79 Å². The fourth-order valence-electron chi connectivity index (χ4n) is 3.41. The summed E-state index contributed by atoms with van der Waals surface area (Å²) < 4.78 is 5.35. The van der Waals surface area contributed by atoms with Gasteiger partial charge in [-0.05, 0) is 57.9 Å². The molecule has 27 heavy (non-hydrogen) atoms. The highest BCUT2D eigenvalue weighted by atomic mass is 35.5.